The number of methoxy groups -OCH3 is 2. The first-order valence-corrected chi connectivity index (χ1v) is 8.75. The molecule has 3 rings (SSSR count). The molecule has 2 aromatic carbocycles. The Balaban J connectivity index is 1.62. The van der Waals surface area contributed by atoms with Crippen LogP contribution in [0.3, 0.4) is 0 Å². The van der Waals surface area contributed by atoms with Crippen LogP contribution in [0.15, 0.2) is 54.7 Å². The maximum Gasteiger partial charge on any atom is 0.259 e. The number of nitrogens with zero attached hydrogens (tertiary/aromatic N) is 2. The van der Waals surface area contributed by atoms with E-state index in [4.69, 9.17) is 9.47 Å². The van der Waals surface area contributed by atoms with Gasteiger partial charge in [0.1, 0.15) is 11.5 Å². The topological polar surface area (TPSA) is 85.4 Å². The van der Waals surface area contributed by atoms with Crippen LogP contribution in [-0.2, 0) is 6.54 Å². The number of benzene rings is 2. The third-order valence-electron chi connectivity index (χ3n) is 4.18. The summed E-state index contributed by atoms with van der Waals surface area (Å²) in [7, 11) is 3.23. The molecule has 1 aromatic heterocycles. The fraction of sp³-hybridized carbons (Fsp3) is 0.190. The molecule has 0 aliphatic rings. The van der Waals surface area contributed by atoms with Crippen LogP contribution in [0.4, 0.5) is 11.6 Å². The van der Waals surface area contributed by atoms with E-state index in [9.17, 15) is 4.79 Å². The zero-order chi connectivity index (χ0) is 19.9. The van der Waals surface area contributed by atoms with Crippen LogP contribution in [0.1, 0.15) is 21.6 Å². The predicted molar refractivity (Wildman–Crippen MR) is 108 cm³/mol. The third kappa shape index (κ3) is 4.76. The van der Waals surface area contributed by atoms with Gasteiger partial charge in [-0.2, -0.15) is 0 Å². The Morgan fingerprint density at radius 1 is 0.964 bits per heavy atom. The minimum atomic E-state index is -0.260. The molecule has 0 radical (unpaired) electrons. The molecule has 1 heterocycles. The zero-order valence-corrected chi connectivity index (χ0v) is 16.0. The fourth-order valence-corrected chi connectivity index (χ4v) is 2.57. The molecule has 0 fully saturated rings. The number of rotatable bonds is 7. The molecule has 1 amide bonds. The van der Waals surface area contributed by atoms with Crippen LogP contribution in [0.2, 0.25) is 0 Å². The van der Waals surface area contributed by atoms with Crippen LogP contribution in [0.5, 0.6) is 11.5 Å². The Morgan fingerprint density at radius 2 is 1.57 bits per heavy atom. The number of carbonyl (C=O) groups is 1. The average molecular weight is 378 g/mol. The molecule has 28 heavy (non-hydrogen) atoms. The number of nitrogens with one attached hydrogen (secondary N) is 2. The molecule has 7 heteroatoms. The second-order valence-corrected chi connectivity index (χ2v) is 6.08. The Labute approximate surface area is 163 Å². The van der Waals surface area contributed by atoms with E-state index >= 15 is 0 Å². The molecule has 0 saturated carbocycles. The van der Waals surface area contributed by atoms with Crippen molar-refractivity contribution in [1.29, 1.82) is 0 Å². The molecule has 0 unspecified atom stereocenters. The average Bonchev–Trinajstić information content (AvgIpc) is 2.73. The second kappa shape index (κ2) is 8.85. The molecule has 3 aromatic rings. The van der Waals surface area contributed by atoms with E-state index in [2.05, 4.69) is 20.6 Å². The van der Waals surface area contributed by atoms with Gasteiger partial charge in [0.2, 0.25) is 5.95 Å². The molecule has 0 spiro atoms. The van der Waals surface area contributed by atoms with E-state index in [0.717, 1.165) is 17.1 Å². The van der Waals surface area contributed by atoms with Crippen LogP contribution in [0, 0.1) is 6.92 Å². The normalized spacial score (nSPS) is 10.2. The highest BCUT2D eigenvalue weighted by Crippen LogP contribution is 2.17. The number of aryl methyl sites for hydroxylation is 1. The van der Waals surface area contributed by atoms with Gasteiger partial charge in [0.25, 0.3) is 5.91 Å². The fourth-order valence-electron chi connectivity index (χ4n) is 2.57. The van der Waals surface area contributed by atoms with Gasteiger partial charge in [0, 0.05) is 18.4 Å². The summed E-state index contributed by atoms with van der Waals surface area (Å²) >= 11 is 0. The maximum atomic E-state index is 12.5. The smallest absolute Gasteiger partial charge is 0.259 e. The number of aromatic nitrogens is 2. The van der Waals surface area contributed by atoms with Crippen molar-refractivity contribution in [2.75, 3.05) is 24.9 Å². The monoisotopic (exact) mass is 378 g/mol. The Kier molecular flexibility index (Phi) is 6.06. The van der Waals surface area contributed by atoms with E-state index in [1.54, 1.807) is 45.4 Å². The van der Waals surface area contributed by atoms with Crippen molar-refractivity contribution in [2.24, 2.45) is 0 Å². The molecule has 7 nitrogen and oxygen atoms in total. The van der Waals surface area contributed by atoms with Crippen molar-refractivity contribution < 1.29 is 14.3 Å². The van der Waals surface area contributed by atoms with Crippen LogP contribution in [-0.4, -0.2) is 30.1 Å². The number of amides is 1. The van der Waals surface area contributed by atoms with E-state index in [0.29, 0.717) is 29.4 Å². The lowest BCUT2D eigenvalue weighted by Gasteiger charge is -2.10. The molecular weight excluding hydrogens is 356 g/mol. The predicted octanol–water partition coefficient (Wildman–Crippen LogP) is 3.67. The minimum Gasteiger partial charge on any atom is -0.497 e. The summed E-state index contributed by atoms with van der Waals surface area (Å²) in [5.74, 6) is 1.74. The lowest BCUT2D eigenvalue weighted by molar-refractivity contribution is 0.102. The number of ether oxygens (including phenoxy) is 2. The molecule has 0 saturated heterocycles. The standard InChI is InChI=1S/C21H22N4O3/c1-14-19(20(26)25-16-6-10-18(28-3)11-7-16)13-23-21(24-14)22-12-15-4-8-17(27-2)9-5-15/h4-11,13H,12H2,1-3H3,(H,25,26)(H,22,23,24). The summed E-state index contributed by atoms with van der Waals surface area (Å²) in [6.45, 7) is 2.35. The van der Waals surface area contributed by atoms with Gasteiger partial charge < -0.3 is 20.1 Å². The Hall–Kier alpha value is -3.61. The molecule has 0 aliphatic heterocycles. The summed E-state index contributed by atoms with van der Waals surface area (Å²) in [5, 5.41) is 5.99. The minimum absolute atomic E-state index is 0.260. The molecule has 0 atom stereocenters. The lowest BCUT2D eigenvalue weighted by atomic mass is 10.2. The summed E-state index contributed by atoms with van der Waals surface area (Å²) < 4.78 is 10.3. The van der Waals surface area contributed by atoms with Gasteiger partial charge in [-0.25, -0.2) is 9.97 Å². The van der Waals surface area contributed by atoms with Crippen LogP contribution >= 0.6 is 0 Å². The summed E-state index contributed by atoms with van der Waals surface area (Å²) in [5.41, 5.74) is 2.76. The highest BCUT2D eigenvalue weighted by Gasteiger charge is 2.12. The summed E-state index contributed by atoms with van der Waals surface area (Å²) in [6.07, 6.45) is 1.53. The van der Waals surface area contributed by atoms with Crippen molar-refractivity contribution >= 4 is 17.5 Å². The van der Waals surface area contributed by atoms with E-state index < -0.39 is 0 Å². The van der Waals surface area contributed by atoms with Crippen molar-refractivity contribution in [1.82, 2.24) is 9.97 Å². The van der Waals surface area contributed by atoms with Gasteiger partial charge in [0.05, 0.1) is 25.5 Å². The maximum absolute atomic E-state index is 12.5. The number of anilines is 2. The van der Waals surface area contributed by atoms with Gasteiger partial charge >= 0.3 is 0 Å². The molecule has 144 valence electrons. The quantitative estimate of drug-likeness (QED) is 0.653. The number of hydrogen-bond acceptors (Lipinski definition) is 6. The largest absolute Gasteiger partial charge is 0.497 e. The van der Waals surface area contributed by atoms with E-state index in [1.807, 2.05) is 24.3 Å². The Morgan fingerprint density at radius 3 is 2.14 bits per heavy atom. The lowest BCUT2D eigenvalue weighted by Crippen LogP contribution is -2.15. The number of hydrogen-bond donors (Lipinski definition) is 2. The third-order valence-corrected chi connectivity index (χ3v) is 4.18. The first-order valence-electron chi connectivity index (χ1n) is 8.75. The molecule has 0 bridgehead atoms. The molecule has 0 aliphatic carbocycles. The van der Waals surface area contributed by atoms with Crippen molar-refractivity contribution in [3.63, 3.8) is 0 Å². The van der Waals surface area contributed by atoms with Crippen LogP contribution in [0.25, 0.3) is 0 Å². The number of carbonyl (C=O) groups excluding carboxylic acids is 1. The first kappa shape index (κ1) is 19.2. The molecular formula is C21H22N4O3. The van der Waals surface area contributed by atoms with E-state index in [1.165, 1.54) is 6.20 Å². The van der Waals surface area contributed by atoms with Gasteiger partial charge in [-0.05, 0) is 48.9 Å². The second-order valence-electron chi connectivity index (χ2n) is 6.08. The van der Waals surface area contributed by atoms with Crippen molar-refractivity contribution in [3.05, 3.63) is 71.5 Å². The zero-order valence-electron chi connectivity index (χ0n) is 16.0. The van der Waals surface area contributed by atoms with Gasteiger partial charge in [-0.15, -0.1) is 0 Å². The Bertz CT molecular complexity index is 941. The summed E-state index contributed by atoms with van der Waals surface area (Å²) in [6, 6.07) is 14.8. The SMILES string of the molecule is COc1ccc(CNc2ncc(C(=O)Nc3ccc(OC)cc3)c(C)n2)cc1. The molecule has 2 N–H and O–H groups in total. The highest BCUT2D eigenvalue weighted by atomic mass is 16.5. The van der Waals surface area contributed by atoms with Gasteiger partial charge in [-0.3, -0.25) is 4.79 Å². The van der Waals surface area contributed by atoms with Gasteiger partial charge in [-0.1, -0.05) is 12.1 Å². The highest BCUT2D eigenvalue weighted by molar-refractivity contribution is 6.04. The van der Waals surface area contributed by atoms with E-state index in [-0.39, 0.29) is 5.91 Å². The van der Waals surface area contributed by atoms with Crippen LogP contribution < -0.4 is 20.1 Å². The first-order chi connectivity index (χ1) is 13.6. The van der Waals surface area contributed by atoms with Gasteiger partial charge in [0.15, 0.2) is 0 Å². The van der Waals surface area contributed by atoms with Crippen molar-refractivity contribution in [2.45, 2.75) is 13.5 Å². The summed E-state index contributed by atoms with van der Waals surface area (Å²) in [4.78, 5) is 21.1. The van der Waals surface area contributed by atoms with Crippen molar-refractivity contribution in [3.8, 4) is 11.5 Å².